The van der Waals surface area contributed by atoms with E-state index in [9.17, 15) is 4.79 Å². The Kier molecular flexibility index (Phi) is 3.96. The molecule has 1 N–H and O–H groups in total. The summed E-state index contributed by atoms with van der Waals surface area (Å²) in [5.74, 6) is -0.263. The van der Waals surface area contributed by atoms with Crippen molar-refractivity contribution >= 4 is 34.0 Å². The monoisotopic (exact) mass is 332 g/mol. The second-order valence-electron chi connectivity index (χ2n) is 4.79. The van der Waals surface area contributed by atoms with Gasteiger partial charge in [-0.05, 0) is 25.1 Å². The molecule has 0 saturated carbocycles. The number of nitrogens with zero attached hydrogens (tertiary/aromatic N) is 3. The molecule has 0 fully saturated rings. The van der Waals surface area contributed by atoms with Gasteiger partial charge in [0.2, 0.25) is 0 Å². The lowest BCUT2D eigenvalue weighted by Gasteiger charge is -1.98. The molecule has 0 atom stereocenters. The number of hydrogen-bond acceptors (Lipinski definition) is 4. The van der Waals surface area contributed by atoms with E-state index < -0.39 is 0 Å². The van der Waals surface area contributed by atoms with E-state index >= 15 is 0 Å². The maximum atomic E-state index is 12.1. The highest BCUT2D eigenvalue weighted by atomic mass is 35.5. The maximum Gasteiger partial charge on any atom is 0.277 e. The quantitative estimate of drug-likeness (QED) is 0.794. The summed E-state index contributed by atoms with van der Waals surface area (Å²) in [6.45, 7) is 1.89. The Morgan fingerprint density at radius 3 is 2.68 bits per heavy atom. The summed E-state index contributed by atoms with van der Waals surface area (Å²) in [5, 5.41) is 10.0. The van der Waals surface area contributed by atoms with Crippen molar-refractivity contribution in [3.8, 4) is 11.3 Å². The van der Waals surface area contributed by atoms with Gasteiger partial charge in [0.1, 0.15) is 0 Å². The SMILES string of the molecule is Cc1cc(C(=O)Nc2nc(-c3ccc(Cl)cc3)cs2)nn1C. The standard InChI is InChI=1S/C15H13ClN4OS/c1-9-7-12(19-20(9)2)14(21)18-15-17-13(8-22-15)10-3-5-11(16)6-4-10/h3-8H,1-2H3,(H,17,18,21). The molecule has 1 amide bonds. The van der Waals surface area contributed by atoms with E-state index in [2.05, 4.69) is 15.4 Å². The van der Waals surface area contributed by atoms with E-state index in [1.54, 1.807) is 17.8 Å². The van der Waals surface area contributed by atoms with Crippen molar-refractivity contribution in [3.05, 3.63) is 52.1 Å². The molecule has 22 heavy (non-hydrogen) atoms. The first kappa shape index (κ1) is 14.7. The number of benzene rings is 1. The fourth-order valence-corrected chi connectivity index (χ4v) is 2.76. The smallest absolute Gasteiger partial charge is 0.277 e. The highest BCUT2D eigenvalue weighted by molar-refractivity contribution is 7.14. The van der Waals surface area contributed by atoms with E-state index in [1.807, 2.05) is 36.6 Å². The highest BCUT2D eigenvalue weighted by Gasteiger charge is 2.13. The molecule has 0 bridgehead atoms. The second-order valence-corrected chi connectivity index (χ2v) is 6.09. The molecule has 0 radical (unpaired) electrons. The zero-order valence-electron chi connectivity index (χ0n) is 12.0. The number of aromatic nitrogens is 3. The Morgan fingerprint density at radius 2 is 2.05 bits per heavy atom. The number of anilines is 1. The van der Waals surface area contributed by atoms with Gasteiger partial charge in [-0.15, -0.1) is 11.3 Å². The fourth-order valence-electron chi connectivity index (χ4n) is 1.92. The molecule has 0 saturated heterocycles. The average Bonchev–Trinajstić information content (AvgIpc) is 3.08. The van der Waals surface area contributed by atoms with E-state index in [4.69, 9.17) is 11.6 Å². The molecule has 2 aromatic heterocycles. The number of aryl methyl sites for hydroxylation is 2. The Labute approximate surface area is 136 Å². The molecule has 7 heteroatoms. The van der Waals surface area contributed by atoms with E-state index in [0.29, 0.717) is 15.8 Å². The number of nitrogens with one attached hydrogen (secondary N) is 1. The molecule has 0 aliphatic heterocycles. The maximum absolute atomic E-state index is 12.1. The lowest BCUT2D eigenvalue weighted by molar-refractivity contribution is 0.102. The number of rotatable bonds is 3. The number of carbonyl (C=O) groups is 1. The minimum atomic E-state index is -0.263. The lowest BCUT2D eigenvalue weighted by atomic mass is 10.2. The molecular formula is C15H13ClN4OS. The van der Waals surface area contributed by atoms with Crippen LogP contribution in [-0.4, -0.2) is 20.7 Å². The normalized spacial score (nSPS) is 10.7. The zero-order chi connectivity index (χ0) is 15.7. The number of amides is 1. The van der Waals surface area contributed by atoms with Gasteiger partial charge in [0, 0.05) is 28.7 Å². The average molecular weight is 333 g/mol. The largest absolute Gasteiger partial charge is 0.296 e. The van der Waals surface area contributed by atoms with Crippen molar-refractivity contribution in [2.45, 2.75) is 6.92 Å². The van der Waals surface area contributed by atoms with E-state index in [1.165, 1.54) is 11.3 Å². The van der Waals surface area contributed by atoms with Crippen molar-refractivity contribution in [1.82, 2.24) is 14.8 Å². The van der Waals surface area contributed by atoms with Gasteiger partial charge in [-0.3, -0.25) is 14.8 Å². The molecule has 3 rings (SSSR count). The summed E-state index contributed by atoms with van der Waals surface area (Å²) in [6, 6.07) is 9.15. The van der Waals surface area contributed by atoms with Crippen LogP contribution in [0.5, 0.6) is 0 Å². The summed E-state index contributed by atoms with van der Waals surface area (Å²) in [7, 11) is 1.80. The first-order valence-electron chi connectivity index (χ1n) is 6.56. The number of thiazole rings is 1. The zero-order valence-corrected chi connectivity index (χ0v) is 13.6. The van der Waals surface area contributed by atoms with E-state index in [0.717, 1.165) is 17.0 Å². The van der Waals surface area contributed by atoms with Crippen LogP contribution in [0.1, 0.15) is 16.2 Å². The Balaban J connectivity index is 1.76. The number of carbonyl (C=O) groups excluding carboxylic acids is 1. The molecule has 0 unspecified atom stereocenters. The molecule has 112 valence electrons. The minimum absolute atomic E-state index is 0.263. The van der Waals surface area contributed by atoms with E-state index in [-0.39, 0.29) is 5.91 Å². The third kappa shape index (κ3) is 3.03. The van der Waals surface area contributed by atoms with Gasteiger partial charge in [-0.2, -0.15) is 5.10 Å². The fraction of sp³-hybridized carbons (Fsp3) is 0.133. The predicted molar refractivity (Wildman–Crippen MR) is 88.5 cm³/mol. The molecular weight excluding hydrogens is 320 g/mol. The van der Waals surface area contributed by atoms with Crippen LogP contribution >= 0.6 is 22.9 Å². The van der Waals surface area contributed by atoms with Gasteiger partial charge in [0.15, 0.2) is 10.8 Å². The molecule has 1 aromatic carbocycles. The third-order valence-electron chi connectivity index (χ3n) is 3.21. The molecule has 0 spiro atoms. The molecule has 0 aliphatic rings. The first-order valence-corrected chi connectivity index (χ1v) is 7.82. The van der Waals surface area contributed by atoms with Crippen molar-refractivity contribution in [2.75, 3.05) is 5.32 Å². The topological polar surface area (TPSA) is 59.8 Å². The minimum Gasteiger partial charge on any atom is -0.296 e. The predicted octanol–water partition coefficient (Wildman–Crippen LogP) is 3.76. The summed E-state index contributed by atoms with van der Waals surface area (Å²) < 4.78 is 1.66. The summed E-state index contributed by atoms with van der Waals surface area (Å²) in [6.07, 6.45) is 0. The van der Waals surface area contributed by atoms with Crippen LogP contribution in [0, 0.1) is 6.92 Å². The van der Waals surface area contributed by atoms with Crippen LogP contribution in [0.25, 0.3) is 11.3 Å². The van der Waals surface area contributed by atoms with Crippen LogP contribution in [0.4, 0.5) is 5.13 Å². The first-order chi connectivity index (χ1) is 10.5. The van der Waals surface area contributed by atoms with Gasteiger partial charge >= 0.3 is 0 Å². The van der Waals surface area contributed by atoms with Crippen molar-refractivity contribution in [2.24, 2.45) is 7.05 Å². The number of hydrogen-bond donors (Lipinski definition) is 1. The van der Waals surface area contributed by atoms with Crippen LogP contribution in [-0.2, 0) is 7.05 Å². The summed E-state index contributed by atoms with van der Waals surface area (Å²) >= 11 is 7.24. The molecule has 3 aromatic rings. The highest BCUT2D eigenvalue weighted by Crippen LogP contribution is 2.26. The Hall–Kier alpha value is -2.18. The Bertz CT molecular complexity index is 803. The van der Waals surface area contributed by atoms with Crippen molar-refractivity contribution in [1.29, 1.82) is 0 Å². The van der Waals surface area contributed by atoms with Crippen molar-refractivity contribution in [3.63, 3.8) is 0 Å². The van der Waals surface area contributed by atoms with Crippen LogP contribution in [0.2, 0.25) is 5.02 Å². The van der Waals surface area contributed by atoms with Crippen LogP contribution in [0.15, 0.2) is 35.7 Å². The third-order valence-corrected chi connectivity index (χ3v) is 4.22. The lowest BCUT2D eigenvalue weighted by Crippen LogP contribution is -2.12. The van der Waals surface area contributed by atoms with Gasteiger partial charge in [-0.1, -0.05) is 23.7 Å². The van der Waals surface area contributed by atoms with Gasteiger partial charge in [0.05, 0.1) is 5.69 Å². The molecule has 5 nitrogen and oxygen atoms in total. The van der Waals surface area contributed by atoms with Gasteiger partial charge < -0.3 is 0 Å². The Morgan fingerprint density at radius 1 is 1.32 bits per heavy atom. The van der Waals surface area contributed by atoms with Crippen LogP contribution < -0.4 is 5.32 Å². The van der Waals surface area contributed by atoms with Gasteiger partial charge in [-0.25, -0.2) is 4.98 Å². The second kappa shape index (κ2) is 5.90. The summed E-state index contributed by atoms with van der Waals surface area (Å²) in [5.41, 5.74) is 3.05. The van der Waals surface area contributed by atoms with Gasteiger partial charge in [0.25, 0.3) is 5.91 Å². The van der Waals surface area contributed by atoms with Crippen LogP contribution in [0.3, 0.4) is 0 Å². The molecule has 0 aliphatic carbocycles. The summed E-state index contributed by atoms with van der Waals surface area (Å²) in [4.78, 5) is 16.5. The molecule has 2 heterocycles. The van der Waals surface area contributed by atoms with Crippen molar-refractivity contribution < 1.29 is 4.79 Å². The number of halogens is 1.